The summed E-state index contributed by atoms with van der Waals surface area (Å²) in [6, 6.07) is 9.57. The van der Waals surface area contributed by atoms with Gasteiger partial charge in [0.05, 0.1) is 0 Å². The molecule has 1 amide bonds. The number of amides is 1. The lowest BCUT2D eigenvalue weighted by atomic mass is 10.2. The SMILES string of the molecule is O=C(Cn1cnnn1)Nc1nnc(-c2cc3ccccc3o2)s1. The highest BCUT2D eigenvalue weighted by atomic mass is 32.1. The van der Waals surface area contributed by atoms with Crippen LogP contribution in [0.2, 0.25) is 0 Å². The van der Waals surface area contributed by atoms with Crippen LogP contribution in [0.3, 0.4) is 0 Å². The maximum Gasteiger partial charge on any atom is 0.248 e. The lowest BCUT2D eigenvalue weighted by Crippen LogP contribution is -2.19. The first-order valence-corrected chi connectivity index (χ1v) is 7.43. The second kappa shape index (κ2) is 5.57. The predicted molar refractivity (Wildman–Crippen MR) is 81.6 cm³/mol. The van der Waals surface area contributed by atoms with Gasteiger partial charge in [0.15, 0.2) is 10.8 Å². The average molecular weight is 327 g/mol. The highest BCUT2D eigenvalue weighted by Gasteiger charge is 2.13. The number of para-hydroxylation sites is 1. The van der Waals surface area contributed by atoms with Gasteiger partial charge in [0, 0.05) is 5.39 Å². The quantitative estimate of drug-likeness (QED) is 0.605. The summed E-state index contributed by atoms with van der Waals surface area (Å²) in [5.74, 6) is 0.328. The zero-order chi connectivity index (χ0) is 15.6. The van der Waals surface area contributed by atoms with Crippen molar-refractivity contribution in [2.45, 2.75) is 6.54 Å². The van der Waals surface area contributed by atoms with E-state index in [0.717, 1.165) is 11.0 Å². The molecule has 1 N–H and O–H groups in total. The Bertz CT molecular complexity index is 927. The summed E-state index contributed by atoms with van der Waals surface area (Å²) < 4.78 is 7.04. The van der Waals surface area contributed by atoms with E-state index in [9.17, 15) is 4.79 Å². The summed E-state index contributed by atoms with van der Waals surface area (Å²) in [6.45, 7) is 0.00650. The molecular weight excluding hydrogens is 318 g/mol. The molecule has 114 valence electrons. The maximum absolute atomic E-state index is 11.9. The Labute approximate surface area is 132 Å². The van der Waals surface area contributed by atoms with E-state index in [2.05, 4.69) is 31.0 Å². The number of carbonyl (C=O) groups excluding carboxylic acids is 1. The van der Waals surface area contributed by atoms with Crippen molar-refractivity contribution in [1.29, 1.82) is 0 Å². The number of rotatable bonds is 4. The van der Waals surface area contributed by atoms with E-state index in [0.29, 0.717) is 15.9 Å². The van der Waals surface area contributed by atoms with Crippen molar-refractivity contribution in [3.8, 4) is 10.8 Å². The molecule has 4 rings (SSSR count). The van der Waals surface area contributed by atoms with Gasteiger partial charge in [0.1, 0.15) is 18.5 Å². The fourth-order valence-corrected chi connectivity index (χ4v) is 2.73. The van der Waals surface area contributed by atoms with Gasteiger partial charge in [0.25, 0.3) is 0 Å². The molecule has 0 saturated heterocycles. The van der Waals surface area contributed by atoms with Crippen LogP contribution in [0.5, 0.6) is 0 Å². The fraction of sp³-hybridized carbons (Fsp3) is 0.0769. The summed E-state index contributed by atoms with van der Waals surface area (Å²) in [4.78, 5) is 11.9. The van der Waals surface area contributed by atoms with Gasteiger partial charge in [-0.15, -0.1) is 15.3 Å². The predicted octanol–water partition coefficient (Wildman–Crippen LogP) is 1.58. The van der Waals surface area contributed by atoms with Crippen LogP contribution in [0, 0.1) is 0 Å². The standard InChI is InChI=1S/C13H9N7O2S/c21-11(6-20-7-14-18-19-20)15-13-17-16-12(23-13)10-5-8-3-1-2-4-9(8)22-10/h1-5,7H,6H2,(H,15,17,21). The Morgan fingerprint density at radius 3 is 3.04 bits per heavy atom. The highest BCUT2D eigenvalue weighted by Crippen LogP contribution is 2.31. The van der Waals surface area contributed by atoms with Crippen LogP contribution in [-0.4, -0.2) is 36.3 Å². The molecule has 9 nitrogen and oxygen atoms in total. The highest BCUT2D eigenvalue weighted by molar-refractivity contribution is 7.18. The number of tetrazole rings is 1. The molecule has 0 saturated carbocycles. The number of furan rings is 1. The van der Waals surface area contributed by atoms with Gasteiger partial charge in [-0.2, -0.15) is 0 Å². The molecule has 10 heteroatoms. The molecule has 1 aromatic carbocycles. The number of hydrogen-bond donors (Lipinski definition) is 1. The van der Waals surface area contributed by atoms with Crippen molar-refractivity contribution in [1.82, 2.24) is 30.4 Å². The molecule has 0 aliphatic rings. The van der Waals surface area contributed by atoms with Gasteiger partial charge in [-0.3, -0.25) is 10.1 Å². The van der Waals surface area contributed by atoms with Gasteiger partial charge in [-0.1, -0.05) is 29.5 Å². The summed E-state index contributed by atoms with van der Waals surface area (Å²) in [6.07, 6.45) is 1.36. The molecule has 23 heavy (non-hydrogen) atoms. The Morgan fingerprint density at radius 1 is 1.30 bits per heavy atom. The van der Waals surface area contributed by atoms with E-state index in [-0.39, 0.29) is 12.5 Å². The molecule has 4 aromatic rings. The minimum atomic E-state index is -0.287. The lowest BCUT2D eigenvalue weighted by molar-refractivity contribution is -0.116. The van der Waals surface area contributed by atoms with Crippen LogP contribution in [0.4, 0.5) is 5.13 Å². The van der Waals surface area contributed by atoms with Gasteiger partial charge < -0.3 is 4.42 Å². The van der Waals surface area contributed by atoms with Gasteiger partial charge >= 0.3 is 0 Å². The van der Waals surface area contributed by atoms with Crippen molar-refractivity contribution < 1.29 is 9.21 Å². The second-order valence-corrected chi connectivity index (χ2v) is 5.59. The van der Waals surface area contributed by atoms with E-state index in [4.69, 9.17) is 4.42 Å². The number of carbonyl (C=O) groups is 1. The van der Waals surface area contributed by atoms with E-state index in [1.165, 1.54) is 22.3 Å². The normalized spacial score (nSPS) is 11.0. The maximum atomic E-state index is 11.9. The summed E-state index contributed by atoms with van der Waals surface area (Å²) in [5, 5.41) is 23.2. The third-order valence-corrected chi connectivity index (χ3v) is 3.86. The number of aromatic nitrogens is 6. The molecular formula is C13H9N7O2S. The first-order chi connectivity index (χ1) is 11.3. The molecule has 0 unspecified atom stereocenters. The van der Waals surface area contributed by atoms with E-state index < -0.39 is 0 Å². The number of fused-ring (bicyclic) bond motifs is 1. The van der Waals surface area contributed by atoms with Crippen LogP contribution in [0.1, 0.15) is 0 Å². The fourth-order valence-electron chi connectivity index (χ4n) is 2.02. The Balaban J connectivity index is 1.51. The van der Waals surface area contributed by atoms with Crippen molar-refractivity contribution in [2.75, 3.05) is 5.32 Å². The van der Waals surface area contributed by atoms with Crippen molar-refractivity contribution >= 4 is 33.3 Å². The smallest absolute Gasteiger partial charge is 0.248 e. The van der Waals surface area contributed by atoms with Crippen molar-refractivity contribution in [2.24, 2.45) is 0 Å². The molecule has 3 aromatic heterocycles. The van der Waals surface area contributed by atoms with Crippen LogP contribution >= 0.6 is 11.3 Å². The summed E-state index contributed by atoms with van der Waals surface area (Å²) in [7, 11) is 0. The molecule has 0 bridgehead atoms. The third-order valence-electron chi connectivity index (χ3n) is 3.00. The molecule has 0 radical (unpaired) electrons. The molecule has 0 aliphatic heterocycles. The zero-order valence-electron chi connectivity index (χ0n) is 11.6. The molecule has 0 aliphatic carbocycles. The first-order valence-electron chi connectivity index (χ1n) is 6.61. The van der Waals surface area contributed by atoms with Gasteiger partial charge in [-0.05, 0) is 22.6 Å². The topological polar surface area (TPSA) is 112 Å². The average Bonchev–Trinajstić information content (AvgIpc) is 3.26. The van der Waals surface area contributed by atoms with Crippen LogP contribution in [0.25, 0.3) is 21.7 Å². The van der Waals surface area contributed by atoms with E-state index in [1.807, 2.05) is 30.3 Å². The first kappa shape index (κ1) is 13.5. The summed E-state index contributed by atoms with van der Waals surface area (Å²) in [5.41, 5.74) is 0.780. The van der Waals surface area contributed by atoms with Crippen molar-refractivity contribution in [3.63, 3.8) is 0 Å². The molecule has 0 fully saturated rings. The number of nitrogens with one attached hydrogen (secondary N) is 1. The van der Waals surface area contributed by atoms with Crippen LogP contribution < -0.4 is 5.32 Å². The monoisotopic (exact) mass is 327 g/mol. The molecule has 0 atom stereocenters. The molecule has 3 heterocycles. The third kappa shape index (κ3) is 2.79. The van der Waals surface area contributed by atoms with E-state index in [1.54, 1.807) is 0 Å². The number of benzene rings is 1. The zero-order valence-corrected chi connectivity index (χ0v) is 12.4. The van der Waals surface area contributed by atoms with Crippen LogP contribution in [-0.2, 0) is 11.3 Å². The van der Waals surface area contributed by atoms with Crippen LogP contribution in [0.15, 0.2) is 41.1 Å². The molecule has 0 spiro atoms. The van der Waals surface area contributed by atoms with Gasteiger partial charge in [0.2, 0.25) is 11.0 Å². The minimum Gasteiger partial charge on any atom is -0.453 e. The minimum absolute atomic E-state index is 0.00650. The Kier molecular flexibility index (Phi) is 3.27. The Hall–Kier alpha value is -3.14. The van der Waals surface area contributed by atoms with Crippen molar-refractivity contribution in [3.05, 3.63) is 36.7 Å². The summed E-state index contributed by atoms with van der Waals surface area (Å²) >= 11 is 1.23. The Morgan fingerprint density at radius 2 is 2.22 bits per heavy atom. The second-order valence-electron chi connectivity index (χ2n) is 4.62. The van der Waals surface area contributed by atoms with Gasteiger partial charge in [-0.25, -0.2) is 4.68 Å². The van der Waals surface area contributed by atoms with E-state index >= 15 is 0 Å². The number of hydrogen-bond acceptors (Lipinski definition) is 8. The number of nitrogens with zero attached hydrogens (tertiary/aromatic N) is 6. The largest absolute Gasteiger partial charge is 0.453 e. The lowest BCUT2D eigenvalue weighted by Gasteiger charge is -1.98. The number of anilines is 1.